The molecular weight excluding hydrogens is 250 g/mol. The maximum Gasteiger partial charge on any atom is 0.179 e. The zero-order valence-corrected chi connectivity index (χ0v) is 12.3. The smallest absolute Gasteiger partial charge is 0.179 e. The lowest BCUT2D eigenvalue weighted by Crippen LogP contribution is -2.35. The van der Waals surface area contributed by atoms with Crippen LogP contribution in [0.15, 0.2) is 47.1 Å². The first kappa shape index (κ1) is 14.5. The Morgan fingerprint density at radius 1 is 1.25 bits per heavy atom. The van der Waals surface area contributed by atoms with Gasteiger partial charge in [-0.25, -0.2) is 0 Å². The van der Waals surface area contributed by atoms with E-state index in [9.17, 15) is 4.79 Å². The summed E-state index contributed by atoms with van der Waals surface area (Å²) in [7, 11) is 1.94. The fourth-order valence-corrected chi connectivity index (χ4v) is 2.13. The second-order valence-electron chi connectivity index (χ2n) is 5.09. The van der Waals surface area contributed by atoms with E-state index in [-0.39, 0.29) is 11.8 Å². The van der Waals surface area contributed by atoms with Gasteiger partial charge in [0.05, 0.1) is 18.8 Å². The quantitative estimate of drug-likeness (QED) is 0.753. The van der Waals surface area contributed by atoms with E-state index < -0.39 is 0 Å². The molecule has 1 atom stereocenters. The van der Waals surface area contributed by atoms with Crippen LogP contribution in [0.5, 0.6) is 0 Å². The standard InChI is InChI=1S/C17H21NO2/c1-4-14-7-9-15(10-8-14)17(19)13(2)18(3)12-16-6-5-11-20-16/h5-11,13H,4,12H2,1-3H3. The van der Waals surface area contributed by atoms with E-state index in [1.807, 2.05) is 55.3 Å². The van der Waals surface area contributed by atoms with Crippen LogP contribution in [0, 0.1) is 0 Å². The number of hydrogen-bond acceptors (Lipinski definition) is 3. The molecule has 0 aliphatic heterocycles. The molecule has 0 radical (unpaired) electrons. The van der Waals surface area contributed by atoms with E-state index in [2.05, 4.69) is 6.92 Å². The molecule has 0 saturated heterocycles. The lowest BCUT2D eigenvalue weighted by molar-refractivity contribution is 0.0855. The first-order valence-electron chi connectivity index (χ1n) is 6.97. The van der Waals surface area contributed by atoms with E-state index in [4.69, 9.17) is 4.42 Å². The third kappa shape index (κ3) is 3.36. The van der Waals surface area contributed by atoms with Gasteiger partial charge in [-0.3, -0.25) is 9.69 Å². The van der Waals surface area contributed by atoms with Crippen molar-refractivity contribution in [3.05, 3.63) is 59.5 Å². The van der Waals surface area contributed by atoms with Crippen molar-refractivity contribution in [1.29, 1.82) is 0 Å². The van der Waals surface area contributed by atoms with Crippen molar-refractivity contribution >= 4 is 5.78 Å². The average molecular weight is 271 g/mol. The molecule has 0 N–H and O–H groups in total. The second-order valence-corrected chi connectivity index (χ2v) is 5.09. The van der Waals surface area contributed by atoms with Gasteiger partial charge in [-0.2, -0.15) is 0 Å². The number of carbonyl (C=O) groups excluding carboxylic acids is 1. The molecule has 1 unspecified atom stereocenters. The molecule has 2 aromatic rings. The van der Waals surface area contributed by atoms with Crippen molar-refractivity contribution in [2.24, 2.45) is 0 Å². The summed E-state index contributed by atoms with van der Waals surface area (Å²) in [4.78, 5) is 14.4. The SMILES string of the molecule is CCc1ccc(C(=O)C(C)N(C)Cc2ccco2)cc1. The van der Waals surface area contributed by atoms with Gasteiger partial charge in [-0.1, -0.05) is 31.2 Å². The van der Waals surface area contributed by atoms with Crippen molar-refractivity contribution in [2.45, 2.75) is 32.9 Å². The number of likely N-dealkylation sites (N-methyl/N-ethyl adjacent to an activating group) is 1. The zero-order chi connectivity index (χ0) is 14.5. The molecular formula is C17H21NO2. The highest BCUT2D eigenvalue weighted by molar-refractivity contribution is 5.99. The third-order valence-electron chi connectivity index (χ3n) is 3.67. The highest BCUT2D eigenvalue weighted by Crippen LogP contribution is 2.13. The number of Topliss-reactive ketones (excluding diaryl/α,β-unsaturated/α-hetero) is 1. The van der Waals surface area contributed by atoms with Crippen LogP contribution in [0.4, 0.5) is 0 Å². The largest absolute Gasteiger partial charge is 0.468 e. The highest BCUT2D eigenvalue weighted by Gasteiger charge is 2.20. The normalized spacial score (nSPS) is 12.6. The fourth-order valence-electron chi connectivity index (χ4n) is 2.13. The monoisotopic (exact) mass is 271 g/mol. The number of benzene rings is 1. The fraction of sp³-hybridized carbons (Fsp3) is 0.353. The maximum atomic E-state index is 12.4. The predicted octanol–water partition coefficient (Wildman–Crippen LogP) is 3.55. The number of hydrogen-bond donors (Lipinski definition) is 0. The van der Waals surface area contributed by atoms with Crippen LogP contribution in [0.1, 0.15) is 35.5 Å². The average Bonchev–Trinajstić information content (AvgIpc) is 2.98. The van der Waals surface area contributed by atoms with E-state index in [0.717, 1.165) is 17.7 Å². The number of nitrogens with zero attached hydrogens (tertiary/aromatic N) is 1. The molecule has 0 spiro atoms. The van der Waals surface area contributed by atoms with E-state index in [0.29, 0.717) is 6.54 Å². The lowest BCUT2D eigenvalue weighted by atomic mass is 10.0. The summed E-state index contributed by atoms with van der Waals surface area (Å²) in [5, 5.41) is 0. The predicted molar refractivity (Wildman–Crippen MR) is 79.8 cm³/mol. The minimum absolute atomic E-state index is 0.140. The summed E-state index contributed by atoms with van der Waals surface area (Å²) in [6.45, 7) is 4.67. The Hall–Kier alpha value is -1.87. The van der Waals surface area contributed by atoms with Crippen molar-refractivity contribution in [1.82, 2.24) is 4.90 Å². The summed E-state index contributed by atoms with van der Waals surface area (Å²) in [6, 6.07) is 11.5. The number of rotatable bonds is 6. The molecule has 2 rings (SSSR count). The van der Waals surface area contributed by atoms with Crippen LogP contribution < -0.4 is 0 Å². The van der Waals surface area contributed by atoms with E-state index in [1.54, 1.807) is 6.26 Å². The minimum Gasteiger partial charge on any atom is -0.468 e. The van der Waals surface area contributed by atoms with Gasteiger partial charge in [0.25, 0.3) is 0 Å². The van der Waals surface area contributed by atoms with Gasteiger partial charge >= 0.3 is 0 Å². The molecule has 0 amide bonds. The van der Waals surface area contributed by atoms with Crippen molar-refractivity contribution in [3.63, 3.8) is 0 Å². The van der Waals surface area contributed by atoms with Gasteiger partial charge in [0, 0.05) is 5.56 Å². The maximum absolute atomic E-state index is 12.4. The van der Waals surface area contributed by atoms with Crippen LogP contribution in [-0.4, -0.2) is 23.8 Å². The molecule has 0 bridgehead atoms. The second kappa shape index (κ2) is 6.53. The minimum atomic E-state index is -0.174. The molecule has 106 valence electrons. The van der Waals surface area contributed by atoms with Gasteiger partial charge in [0.1, 0.15) is 5.76 Å². The summed E-state index contributed by atoms with van der Waals surface area (Å²) >= 11 is 0. The summed E-state index contributed by atoms with van der Waals surface area (Å²) in [5.74, 6) is 1.01. The third-order valence-corrected chi connectivity index (χ3v) is 3.67. The number of carbonyl (C=O) groups is 1. The van der Waals surface area contributed by atoms with Gasteiger partial charge in [-0.05, 0) is 38.1 Å². The van der Waals surface area contributed by atoms with E-state index in [1.165, 1.54) is 5.56 Å². The summed E-state index contributed by atoms with van der Waals surface area (Å²) in [6.07, 6.45) is 2.64. The Labute approximate surface area is 120 Å². The molecule has 0 saturated carbocycles. The Morgan fingerprint density at radius 3 is 2.50 bits per heavy atom. The van der Waals surface area contributed by atoms with Crippen LogP contribution in [-0.2, 0) is 13.0 Å². The highest BCUT2D eigenvalue weighted by atomic mass is 16.3. The molecule has 3 nitrogen and oxygen atoms in total. The number of ketones is 1. The van der Waals surface area contributed by atoms with Gasteiger partial charge < -0.3 is 4.42 Å². The Kier molecular flexibility index (Phi) is 4.74. The summed E-state index contributed by atoms with van der Waals surface area (Å²) in [5.41, 5.74) is 2.01. The van der Waals surface area contributed by atoms with Crippen molar-refractivity contribution < 1.29 is 9.21 Å². The summed E-state index contributed by atoms with van der Waals surface area (Å²) < 4.78 is 5.32. The molecule has 3 heteroatoms. The van der Waals surface area contributed by atoms with Gasteiger partial charge in [-0.15, -0.1) is 0 Å². The molecule has 1 aromatic heterocycles. The molecule has 1 aromatic carbocycles. The van der Waals surface area contributed by atoms with Crippen LogP contribution in [0.3, 0.4) is 0 Å². The van der Waals surface area contributed by atoms with Crippen LogP contribution in [0.25, 0.3) is 0 Å². The Bertz CT molecular complexity index is 543. The van der Waals surface area contributed by atoms with Crippen molar-refractivity contribution in [2.75, 3.05) is 7.05 Å². The Morgan fingerprint density at radius 2 is 1.95 bits per heavy atom. The number of furan rings is 1. The Balaban J connectivity index is 2.03. The van der Waals surface area contributed by atoms with Crippen molar-refractivity contribution in [3.8, 4) is 0 Å². The lowest BCUT2D eigenvalue weighted by Gasteiger charge is -2.22. The van der Waals surface area contributed by atoms with Gasteiger partial charge in [0.2, 0.25) is 0 Å². The molecule has 0 aliphatic carbocycles. The van der Waals surface area contributed by atoms with Crippen LogP contribution in [0.2, 0.25) is 0 Å². The van der Waals surface area contributed by atoms with Gasteiger partial charge in [0.15, 0.2) is 5.78 Å². The number of aryl methyl sites for hydroxylation is 1. The molecule has 20 heavy (non-hydrogen) atoms. The molecule has 0 aliphatic rings. The first-order chi connectivity index (χ1) is 9.61. The zero-order valence-electron chi connectivity index (χ0n) is 12.3. The molecule has 0 fully saturated rings. The first-order valence-corrected chi connectivity index (χ1v) is 6.97. The molecule has 1 heterocycles. The van der Waals surface area contributed by atoms with Crippen LogP contribution >= 0.6 is 0 Å². The topological polar surface area (TPSA) is 33.5 Å². The van der Waals surface area contributed by atoms with E-state index >= 15 is 0 Å².